The third-order valence-corrected chi connectivity index (χ3v) is 2.28. The van der Waals surface area contributed by atoms with E-state index < -0.39 is 0 Å². The van der Waals surface area contributed by atoms with Gasteiger partial charge < -0.3 is 10.3 Å². The molecule has 0 aliphatic rings. The van der Waals surface area contributed by atoms with Crippen molar-refractivity contribution in [3.8, 4) is 11.5 Å². The fourth-order valence-electron chi connectivity index (χ4n) is 1.28. The van der Waals surface area contributed by atoms with Crippen LogP contribution in [0.5, 0.6) is 0 Å². The Morgan fingerprint density at radius 2 is 2.38 bits per heavy atom. The van der Waals surface area contributed by atoms with Crippen LogP contribution < -0.4 is 5.73 Å². The molecule has 0 bridgehead atoms. The van der Waals surface area contributed by atoms with Crippen LogP contribution >= 0.6 is 11.6 Å². The van der Waals surface area contributed by atoms with Crippen LogP contribution in [0.1, 0.15) is 12.7 Å². The van der Waals surface area contributed by atoms with E-state index in [4.69, 9.17) is 21.9 Å². The highest BCUT2D eigenvalue weighted by Crippen LogP contribution is 2.24. The fraction of sp³-hybridized carbons (Fsp3) is 0.300. The van der Waals surface area contributed by atoms with Crippen LogP contribution in [0.15, 0.2) is 23.0 Å². The predicted octanol–water partition coefficient (Wildman–Crippen LogP) is 1.67. The summed E-state index contributed by atoms with van der Waals surface area (Å²) in [7, 11) is 0. The van der Waals surface area contributed by atoms with Crippen molar-refractivity contribution in [2.45, 2.75) is 19.4 Å². The van der Waals surface area contributed by atoms with E-state index in [0.717, 1.165) is 0 Å². The Bertz CT molecular complexity index is 483. The molecule has 0 amide bonds. The van der Waals surface area contributed by atoms with Gasteiger partial charge in [-0.05, 0) is 13.0 Å². The lowest BCUT2D eigenvalue weighted by molar-refractivity contribution is 0.420. The molecule has 1 unspecified atom stereocenters. The summed E-state index contributed by atoms with van der Waals surface area (Å²) in [6, 6.07) is 1.73. The van der Waals surface area contributed by atoms with Crippen molar-refractivity contribution in [2.75, 3.05) is 0 Å². The Morgan fingerprint density at radius 3 is 3.06 bits per heavy atom. The van der Waals surface area contributed by atoms with E-state index in [1.807, 2.05) is 6.92 Å². The number of halogens is 1. The lowest BCUT2D eigenvalue weighted by atomic mass is 10.2. The van der Waals surface area contributed by atoms with Crippen molar-refractivity contribution in [1.29, 1.82) is 0 Å². The van der Waals surface area contributed by atoms with Gasteiger partial charge in [0.2, 0.25) is 0 Å². The third-order valence-electron chi connectivity index (χ3n) is 1.98. The Kier molecular flexibility index (Phi) is 3.17. The Hall–Kier alpha value is -1.46. The molecule has 0 fully saturated rings. The van der Waals surface area contributed by atoms with Gasteiger partial charge in [-0.25, -0.2) is 0 Å². The summed E-state index contributed by atoms with van der Waals surface area (Å²) in [5.41, 5.74) is 6.33. The Morgan fingerprint density at radius 1 is 1.56 bits per heavy atom. The van der Waals surface area contributed by atoms with E-state index in [1.165, 1.54) is 6.20 Å². The summed E-state index contributed by atoms with van der Waals surface area (Å²) < 4.78 is 5.10. The predicted molar refractivity (Wildman–Crippen MR) is 59.9 cm³/mol. The molecule has 2 rings (SSSR count). The van der Waals surface area contributed by atoms with Crippen LogP contribution in [0.4, 0.5) is 0 Å². The third kappa shape index (κ3) is 2.37. The lowest BCUT2D eigenvalue weighted by Gasteiger charge is -1.97. The van der Waals surface area contributed by atoms with Crippen molar-refractivity contribution < 1.29 is 4.52 Å². The van der Waals surface area contributed by atoms with Crippen LogP contribution in [-0.4, -0.2) is 21.2 Å². The number of hydrogen-bond acceptors (Lipinski definition) is 5. The van der Waals surface area contributed by atoms with Crippen molar-refractivity contribution >= 4 is 11.6 Å². The summed E-state index contributed by atoms with van der Waals surface area (Å²) >= 11 is 5.96. The largest absolute Gasteiger partial charge is 0.334 e. The first-order chi connectivity index (χ1) is 7.66. The molecule has 0 spiro atoms. The maximum atomic E-state index is 5.96. The molecule has 0 aliphatic heterocycles. The minimum atomic E-state index is -0.00152. The number of hydrogen-bond donors (Lipinski definition) is 1. The SMILES string of the molecule is CC(N)Cc1noc(-c2ccncc2Cl)n1. The lowest BCUT2D eigenvalue weighted by Crippen LogP contribution is -2.18. The first kappa shape index (κ1) is 11.0. The van der Waals surface area contributed by atoms with Crippen LogP contribution in [0, 0.1) is 0 Å². The number of pyridine rings is 1. The van der Waals surface area contributed by atoms with Gasteiger partial charge in [-0.1, -0.05) is 16.8 Å². The van der Waals surface area contributed by atoms with Crippen molar-refractivity contribution in [1.82, 2.24) is 15.1 Å². The van der Waals surface area contributed by atoms with Crippen LogP contribution in [0.3, 0.4) is 0 Å². The van der Waals surface area contributed by atoms with Gasteiger partial charge in [-0.15, -0.1) is 0 Å². The van der Waals surface area contributed by atoms with Crippen molar-refractivity contribution in [3.05, 3.63) is 29.3 Å². The number of aromatic nitrogens is 3. The minimum absolute atomic E-state index is 0.00152. The highest BCUT2D eigenvalue weighted by Gasteiger charge is 2.12. The molecule has 0 aliphatic carbocycles. The molecule has 1 atom stereocenters. The van der Waals surface area contributed by atoms with Crippen LogP contribution in [0.2, 0.25) is 5.02 Å². The maximum Gasteiger partial charge on any atom is 0.259 e. The molecule has 0 aromatic carbocycles. The second-order valence-electron chi connectivity index (χ2n) is 3.55. The zero-order chi connectivity index (χ0) is 11.5. The van der Waals surface area contributed by atoms with Gasteiger partial charge in [0.1, 0.15) is 0 Å². The molecular weight excluding hydrogens is 228 g/mol. The average molecular weight is 239 g/mol. The van der Waals surface area contributed by atoms with Gasteiger partial charge in [0.05, 0.1) is 10.6 Å². The first-order valence-electron chi connectivity index (χ1n) is 4.85. The van der Waals surface area contributed by atoms with E-state index in [2.05, 4.69) is 15.1 Å². The molecule has 2 aromatic rings. The molecule has 2 aromatic heterocycles. The van der Waals surface area contributed by atoms with Gasteiger partial charge in [0.15, 0.2) is 5.82 Å². The standard InChI is InChI=1S/C10H11ClN4O/c1-6(12)4-9-14-10(16-15-9)7-2-3-13-5-8(7)11/h2-3,5-6H,4,12H2,1H3. The van der Waals surface area contributed by atoms with Crippen molar-refractivity contribution in [3.63, 3.8) is 0 Å². The van der Waals surface area contributed by atoms with Gasteiger partial charge in [-0.3, -0.25) is 4.98 Å². The Labute approximate surface area is 97.6 Å². The van der Waals surface area contributed by atoms with E-state index in [0.29, 0.717) is 28.7 Å². The molecule has 2 N–H and O–H groups in total. The monoisotopic (exact) mass is 238 g/mol. The topological polar surface area (TPSA) is 77.8 Å². The second kappa shape index (κ2) is 4.59. The highest BCUT2D eigenvalue weighted by atomic mass is 35.5. The van der Waals surface area contributed by atoms with E-state index in [9.17, 15) is 0 Å². The summed E-state index contributed by atoms with van der Waals surface area (Å²) in [5, 5.41) is 4.31. The smallest absolute Gasteiger partial charge is 0.259 e. The molecule has 5 nitrogen and oxygen atoms in total. The van der Waals surface area contributed by atoms with E-state index in [-0.39, 0.29) is 6.04 Å². The van der Waals surface area contributed by atoms with Gasteiger partial charge in [0, 0.05) is 24.9 Å². The highest BCUT2D eigenvalue weighted by molar-refractivity contribution is 6.32. The number of rotatable bonds is 3. The number of nitrogens with zero attached hydrogens (tertiary/aromatic N) is 3. The molecular formula is C10H11ClN4O. The summed E-state index contributed by atoms with van der Waals surface area (Å²) in [6.07, 6.45) is 3.73. The molecule has 0 saturated heterocycles. The van der Waals surface area contributed by atoms with E-state index >= 15 is 0 Å². The summed E-state index contributed by atoms with van der Waals surface area (Å²) in [6.45, 7) is 1.88. The maximum absolute atomic E-state index is 5.96. The van der Waals surface area contributed by atoms with Crippen molar-refractivity contribution in [2.24, 2.45) is 5.73 Å². The van der Waals surface area contributed by atoms with Gasteiger partial charge >= 0.3 is 0 Å². The summed E-state index contributed by atoms with van der Waals surface area (Å²) in [4.78, 5) is 8.10. The first-order valence-corrected chi connectivity index (χ1v) is 5.22. The Balaban J connectivity index is 2.28. The van der Waals surface area contributed by atoms with E-state index in [1.54, 1.807) is 12.3 Å². The summed E-state index contributed by atoms with van der Waals surface area (Å²) in [5.74, 6) is 0.973. The van der Waals surface area contributed by atoms with Gasteiger partial charge in [-0.2, -0.15) is 4.98 Å². The molecule has 6 heteroatoms. The quantitative estimate of drug-likeness (QED) is 0.880. The van der Waals surface area contributed by atoms with Gasteiger partial charge in [0.25, 0.3) is 5.89 Å². The average Bonchev–Trinajstić information content (AvgIpc) is 2.66. The zero-order valence-corrected chi connectivity index (χ0v) is 9.48. The van der Waals surface area contributed by atoms with Crippen LogP contribution in [0.25, 0.3) is 11.5 Å². The minimum Gasteiger partial charge on any atom is -0.334 e. The molecule has 16 heavy (non-hydrogen) atoms. The molecule has 0 radical (unpaired) electrons. The normalized spacial score (nSPS) is 12.7. The van der Waals surface area contributed by atoms with Crippen LogP contribution in [-0.2, 0) is 6.42 Å². The zero-order valence-electron chi connectivity index (χ0n) is 8.72. The molecule has 2 heterocycles. The second-order valence-corrected chi connectivity index (χ2v) is 3.96. The number of nitrogens with two attached hydrogens (primary N) is 1. The molecule has 84 valence electrons. The molecule has 0 saturated carbocycles. The fourth-order valence-corrected chi connectivity index (χ4v) is 1.48.